The van der Waals surface area contributed by atoms with Crippen LogP contribution in [0.3, 0.4) is 0 Å². The smallest absolute Gasteiger partial charge is 0.00481 e. The zero-order chi connectivity index (χ0) is 14.7. The number of nitrogens with one attached hydrogen (secondary N) is 1. The van der Waals surface area contributed by atoms with Gasteiger partial charge in [0, 0.05) is 19.6 Å². The minimum Gasteiger partial charge on any atom is -0.316 e. The van der Waals surface area contributed by atoms with Crippen LogP contribution in [0.15, 0.2) is 30.3 Å². The van der Waals surface area contributed by atoms with Gasteiger partial charge in [-0.1, -0.05) is 50.6 Å². The number of piperidine rings is 1. The van der Waals surface area contributed by atoms with Gasteiger partial charge in [0.25, 0.3) is 0 Å². The van der Waals surface area contributed by atoms with Crippen LogP contribution >= 0.6 is 0 Å². The molecule has 0 aromatic heterocycles. The molecular weight excluding hydrogens is 256 g/mol. The van der Waals surface area contributed by atoms with Gasteiger partial charge in [0.05, 0.1) is 0 Å². The maximum atomic E-state index is 3.54. The fourth-order valence-electron chi connectivity index (χ4n) is 4.35. The summed E-state index contributed by atoms with van der Waals surface area (Å²) in [4.78, 5) is 2.74. The Morgan fingerprint density at radius 1 is 1.29 bits per heavy atom. The number of benzene rings is 1. The van der Waals surface area contributed by atoms with E-state index < -0.39 is 0 Å². The summed E-state index contributed by atoms with van der Waals surface area (Å²) in [5, 5.41) is 3.54. The van der Waals surface area contributed by atoms with E-state index in [0.717, 1.165) is 11.8 Å². The standard InChI is InChI=1S/C19H30N2/c1-3-16-13-21(15-19(2)10-11-20-14-19)12-9-18(16)17-7-5-4-6-8-17/h4-8,16,18,20H,3,9-15H2,1-2H3. The molecule has 2 heteroatoms. The molecule has 1 aromatic carbocycles. The first-order valence-corrected chi connectivity index (χ1v) is 8.68. The quantitative estimate of drug-likeness (QED) is 0.911. The second-order valence-electron chi connectivity index (χ2n) is 7.45. The van der Waals surface area contributed by atoms with Crippen LogP contribution < -0.4 is 5.32 Å². The van der Waals surface area contributed by atoms with Crippen LogP contribution in [0, 0.1) is 11.3 Å². The summed E-state index contributed by atoms with van der Waals surface area (Å²) >= 11 is 0. The Morgan fingerprint density at radius 2 is 2.10 bits per heavy atom. The average Bonchev–Trinajstić information content (AvgIpc) is 2.94. The molecule has 3 unspecified atom stereocenters. The van der Waals surface area contributed by atoms with Gasteiger partial charge in [-0.2, -0.15) is 0 Å². The van der Waals surface area contributed by atoms with Crippen LogP contribution in [0.1, 0.15) is 44.6 Å². The number of likely N-dealkylation sites (tertiary alicyclic amines) is 1. The monoisotopic (exact) mass is 286 g/mol. The Kier molecular flexibility index (Phi) is 4.66. The minimum atomic E-state index is 0.498. The lowest BCUT2D eigenvalue weighted by Crippen LogP contribution is -2.45. The third-order valence-corrected chi connectivity index (χ3v) is 5.63. The number of hydrogen-bond donors (Lipinski definition) is 1. The molecular formula is C19H30N2. The van der Waals surface area contributed by atoms with Crippen LogP contribution in [-0.2, 0) is 0 Å². The van der Waals surface area contributed by atoms with E-state index in [-0.39, 0.29) is 0 Å². The molecule has 2 fully saturated rings. The topological polar surface area (TPSA) is 15.3 Å². The lowest BCUT2D eigenvalue weighted by molar-refractivity contribution is 0.105. The predicted octanol–water partition coefficient (Wildman–Crippen LogP) is 3.50. The Balaban J connectivity index is 1.63. The molecule has 21 heavy (non-hydrogen) atoms. The molecule has 0 amide bonds. The summed E-state index contributed by atoms with van der Waals surface area (Å²) in [6.45, 7) is 11.0. The molecule has 2 heterocycles. The fraction of sp³-hybridized carbons (Fsp3) is 0.684. The van der Waals surface area contributed by atoms with Gasteiger partial charge in [0.15, 0.2) is 0 Å². The Morgan fingerprint density at radius 3 is 2.76 bits per heavy atom. The van der Waals surface area contributed by atoms with Crippen LogP contribution in [0.2, 0.25) is 0 Å². The molecule has 1 N–H and O–H groups in total. The molecule has 2 saturated heterocycles. The van der Waals surface area contributed by atoms with Crippen LogP contribution in [0.25, 0.3) is 0 Å². The molecule has 0 spiro atoms. The van der Waals surface area contributed by atoms with E-state index in [0.29, 0.717) is 5.41 Å². The minimum absolute atomic E-state index is 0.498. The maximum Gasteiger partial charge on any atom is 0.00481 e. The summed E-state index contributed by atoms with van der Waals surface area (Å²) in [5.41, 5.74) is 2.05. The highest BCUT2D eigenvalue weighted by Crippen LogP contribution is 2.36. The molecule has 2 aliphatic rings. The van der Waals surface area contributed by atoms with Crippen molar-refractivity contribution in [3.05, 3.63) is 35.9 Å². The zero-order valence-electron chi connectivity index (χ0n) is 13.6. The van der Waals surface area contributed by atoms with Gasteiger partial charge in [-0.15, -0.1) is 0 Å². The second kappa shape index (κ2) is 6.50. The van der Waals surface area contributed by atoms with E-state index >= 15 is 0 Å². The first kappa shape index (κ1) is 15.1. The summed E-state index contributed by atoms with van der Waals surface area (Å²) in [7, 11) is 0. The molecule has 116 valence electrons. The van der Waals surface area contributed by atoms with Crippen LogP contribution in [0.5, 0.6) is 0 Å². The van der Waals surface area contributed by atoms with Crippen LogP contribution in [-0.4, -0.2) is 37.6 Å². The Hall–Kier alpha value is -0.860. The van der Waals surface area contributed by atoms with Gasteiger partial charge < -0.3 is 10.2 Å². The van der Waals surface area contributed by atoms with E-state index in [4.69, 9.17) is 0 Å². The van der Waals surface area contributed by atoms with Crippen molar-refractivity contribution < 1.29 is 0 Å². The van der Waals surface area contributed by atoms with Crippen molar-refractivity contribution >= 4 is 0 Å². The van der Waals surface area contributed by atoms with E-state index in [2.05, 4.69) is 54.4 Å². The molecule has 0 bridgehead atoms. The van der Waals surface area contributed by atoms with Gasteiger partial charge in [-0.25, -0.2) is 0 Å². The third kappa shape index (κ3) is 3.49. The number of rotatable bonds is 4. The number of hydrogen-bond acceptors (Lipinski definition) is 2. The highest BCUT2D eigenvalue weighted by atomic mass is 15.1. The summed E-state index contributed by atoms with van der Waals surface area (Å²) in [5.74, 6) is 1.58. The van der Waals surface area contributed by atoms with Gasteiger partial charge in [0.2, 0.25) is 0 Å². The molecule has 2 nitrogen and oxygen atoms in total. The highest BCUT2D eigenvalue weighted by Gasteiger charge is 2.35. The zero-order valence-corrected chi connectivity index (χ0v) is 13.6. The van der Waals surface area contributed by atoms with E-state index in [1.54, 1.807) is 5.56 Å². The number of nitrogens with zero attached hydrogens (tertiary/aromatic N) is 1. The molecule has 1 aromatic rings. The van der Waals surface area contributed by atoms with Gasteiger partial charge in [0.1, 0.15) is 0 Å². The van der Waals surface area contributed by atoms with Crippen molar-refractivity contribution in [2.24, 2.45) is 11.3 Å². The summed E-state index contributed by atoms with van der Waals surface area (Å²) < 4.78 is 0. The van der Waals surface area contributed by atoms with Crippen LogP contribution in [0.4, 0.5) is 0 Å². The first-order chi connectivity index (χ1) is 10.2. The normalized spacial score (nSPS) is 34.2. The third-order valence-electron chi connectivity index (χ3n) is 5.63. The second-order valence-corrected chi connectivity index (χ2v) is 7.45. The lowest BCUT2D eigenvalue weighted by atomic mass is 9.78. The van der Waals surface area contributed by atoms with E-state index in [1.807, 2.05) is 0 Å². The van der Waals surface area contributed by atoms with Crippen molar-refractivity contribution in [1.82, 2.24) is 10.2 Å². The Labute approximate surface area is 129 Å². The average molecular weight is 286 g/mol. The molecule has 2 aliphatic heterocycles. The van der Waals surface area contributed by atoms with Gasteiger partial charge in [-0.05, 0) is 48.7 Å². The maximum absolute atomic E-state index is 3.54. The molecule has 3 rings (SSSR count). The van der Waals surface area contributed by atoms with E-state index in [1.165, 1.54) is 52.0 Å². The van der Waals surface area contributed by atoms with E-state index in [9.17, 15) is 0 Å². The predicted molar refractivity (Wildman–Crippen MR) is 89.6 cm³/mol. The molecule has 0 radical (unpaired) electrons. The first-order valence-electron chi connectivity index (χ1n) is 8.68. The molecule has 0 aliphatic carbocycles. The van der Waals surface area contributed by atoms with Crippen molar-refractivity contribution in [2.45, 2.75) is 39.0 Å². The Bertz CT molecular complexity index is 436. The van der Waals surface area contributed by atoms with Gasteiger partial charge in [-0.3, -0.25) is 0 Å². The summed E-state index contributed by atoms with van der Waals surface area (Å²) in [6.07, 6.45) is 3.96. The largest absolute Gasteiger partial charge is 0.316 e. The lowest BCUT2D eigenvalue weighted by Gasteiger charge is -2.41. The summed E-state index contributed by atoms with van der Waals surface area (Å²) in [6, 6.07) is 11.2. The molecule has 3 atom stereocenters. The van der Waals surface area contributed by atoms with Crippen molar-refractivity contribution in [3.8, 4) is 0 Å². The highest BCUT2D eigenvalue weighted by molar-refractivity contribution is 5.21. The van der Waals surface area contributed by atoms with Crippen molar-refractivity contribution in [3.63, 3.8) is 0 Å². The van der Waals surface area contributed by atoms with Gasteiger partial charge >= 0.3 is 0 Å². The molecule has 0 saturated carbocycles. The SMILES string of the molecule is CCC1CN(CC2(C)CCNC2)CCC1c1ccccc1. The van der Waals surface area contributed by atoms with Crippen molar-refractivity contribution in [1.29, 1.82) is 0 Å². The fourth-order valence-corrected chi connectivity index (χ4v) is 4.35. The van der Waals surface area contributed by atoms with Crippen molar-refractivity contribution in [2.75, 3.05) is 32.7 Å².